The standard InChI is InChI=1S/C143H134/c1-19-21-23-25-27-37-67-143(68-38-28-26-24-22-20-2)129-83-117-127(141(15,16)131-79-113(101-39-29-31-43-111(101)135(117)131)89-47-51-91(52-48-89)133-85(3)69-99(70-86(133)4)97-59-65-109-107-63-57-95(75-123(107)139(11,12)125(109)77-97)93-55-61-105-103-41-33-35-45-119(103)137(7,8)121(105)73-93)81-115(129)116-82-128-118(84-130(116)143)136-112-44-32-30-40-102(112)114(80-132(136)142(128,17)18)90-49-53-92(54-50-90)134-87(5)71-100(72-88(134)6)98-60-66-110-108-64-58-96(76-124(108)140(13,14)126(110)78-98)94-56-62-106-104-42-34-36-46-120(104)138(9,10)122(106)74-94/h29-36,39-66,69-84H,19-28,37-38,67-68H2,1-18H3. The highest BCUT2D eigenvalue weighted by atomic mass is 14.5. The Kier molecular flexibility index (Phi) is 21.1. The summed E-state index contributed by atoms with van der Waals surface area (Å²) in [5.41, 5.74) is 64.3. The zero-order chi connectivity index (χ0) is 98.2. The lowest BCUT2D eigenvalue weighted by Gasteiger charge is -2.34. The highest BCUT2D eigenvalue weighted by Gasteiger charge is 2.50. The van der Waals surface area contributed by atoms with Crippen LogP contribution in [0.3, 0.4) is 0 Å². The zero-order valence-corrected chi connectivity index (χ0v) is 87.4. The summed E-state index contributed by atoms with van der Waals surface area (Å²) in [5.74, 6) is 0. The number of hydrogen-bond donors (Lipinski definition) is 0. The molecule has 0 saturated carbocycles. The van der Waals surface area contributed by atoms with Crippen molar-refractivity contribution in [2.45, 2.75) is 252 Å². The molecule has 7 aliphatic rings. The lowest BCUT2D eigenvalue weighted by atomic mass is 9.69. The molecule has 0 unspecified atom stereocenters. The molecule has 0 nitrogen and oxygen atoms in total. The van der Waals surface area contributed by atoms with E-state index in [4.69, 9.17) is 0 Å². The number of benzene rings is 18. The van der Waals surface area contributed by atoms with Gasteiger partial charge in [0.25, 0.3) is 0 Å². The number of unbranched alkanes of at least 4 members (excludes halogenated alkanes) is 10. The Bertz CT molecular complexity index is 7870. The summed E-state index contributed by atoms with van der Waals surface area (Å²) in [7, 11) is 0. The van der Waals surface area contributed by atoms with E-state index in [2.05, 4.69) is 440 Å². The predicted molar refractivity (Wildman–Crippen MR) is 611 cm³/mol. The van der Waals surface area contributed by atoms with Gasteiger partial charge in [-0.1, -0.05) is 417 Å². The van der Waals surface area contributed by atoms with Crippen molar-refractivity contribution < 1.29 is 0 Å². The number of fused-ring (bicyclic) bond motifs is 25. The Morgan fingerprint density at radius 1 is 0.154 bits per heavy atom. The van der Waals surface area contributed by atoms with Gasteiger partial charge in [0.2, 0.25) is 0 Å². The molecular weight excluding hydrogens is 1720 g/mol. The van der Waals surface area contributed by atoms with Crippen LogP contribution in [0.4, 0.5) is 0 Å². The van der Waals surface area contributed by atoms with E-state index in [1.807, 2.05) is 0 Å². The molecule has 0 saturated heterocycles. The molecule has 0 radical (unpaired) electrons. The number of hydrogen-bond acceptors (Lipinski definition) is 0. The van der Waals surface area contributed by atoms with Crippen molar-refractivity contribution in [1.82, 2.24) is 0 Å². The lowest BCUT2D eigenvalue weighted by Crippen LogP contribution is -2.26. The third-order valence-corrected chi connectivity index (χ3v) is 36.8. The maximum atomic E-state index is 2.81. The van der Waals surface area contributed by atoms with Crippen LogP contribution in [0.1, 0.15) is 287 Å². The summed E-state index contributed by atoms with van der Waals surface area (Å²) < 4.78 is 0. The average molecular weight is 1850 g/mol. The highest BCUT2D eigenvalue weighted by molar-refractivity contribution is 6.13. The molecule has 0 fully saturated rings. The van der Waals surface area contributed by atoms with Gasteiger partial charge in [-0.05, 0) is 402 Å². The fourth-order valence-electron chi connectivity index (χ4n) is 29.0. The van der Waals surface area contributed by atoms with Crippen LogP contribution < -0.4 is 0 Å². The van der Waals surface area contributed by atoms with Gasteiger partial charge in [-0.2, -0.15) is 0 Å². The van der Waals surface area contributed by atoms with Crippen LogP contribution in [-0.2, 0) is 37.9 Å². The molecule has 0 spiro atoms. The van der Waals surface area contributed by atoms with E-state index in [-0.39, 0.29) is 37.9 Å². The first-order valence-corrected chi connectivity index (χ1v) is 54.0. The number of rotatable bonds is 22. The molecular formula is C143H134. The summed E-state index contributed by atoms with van der Waals surface area (Å²) in [6.07, 6.45) is 17.7. The van der Waals surface area contributed by atoms with Gasteiger partial charge in [0.05, 0.1) is 0 Å². The summed E-state index contributed by atoms with van der Waals surface area (Å²) in [5, 5.41) is 5.36. The van der Waals surface area contributed by atoms with Crippen LogP contribution in [0, 0.1) is 27.7 Å². The van der Waals surface area contributed by atoms with Crippen molar-refractivity contribution in [2.75, 3.05) is 0 Å². The molecule has 0 heteroatoms. The maximum Gasteiger partial charge on any atom is 0.0215 e. The molecule has 25 rings (SSSR count). The van der Waals surface area contributed by atoms with Gasteiger partial charge in [0, 0.05) is 37.9 Å². The van der Waals surface area contributed by atoms with Crippen LogP contribution in [-0.4, -0.2) is 0 Å². The molecule has 0 bridgehead atoms. The molecule has 7 aliphatic carbocycles. The Hall–Kier alpha value is -13.5. The smallest absolute Gasteiger partial charge is 0.0215 e. The van der Waals surface area contributed by atoms with Crippen LogP contribution >= 0.6 is 0 Å². The molecule has 143 heavy (non-hydrogen) atoms. The van der Waals surface area contributed by atoms with E-state index in [1.54, 1.807) is 11.1 Å². The minimum Gasteiger partial charge on any atom is -0.0654 e. The summed E-state index contributed by atoms with van der Waals surface area (Å²) in [4.78, 5) is 0. The van der Waals surface area contributed by atoms with E-state index in [0.717, 1.165) is 12.8 Å². The molecule has 0 aromatic heterocycles. The third kappa shape index (κ3) is 13.8. The summed E-state index contributed by atoms with van der Waals surface area (Å²) >= 11 is 0. The molecule has 0 amide bonds. The van der Waals surface area contributed by atoms with Crippen LogP contribution in [0.5, 0.6) is 0 Å². The van der Waals surface area contributed by atoms with Gasteiger partial charge in [-0.15, -0.1) is 0 Å². The molecule has 0 atom stereocenters. The minimum absolute atomic E-state index is 0.0472. The summed E-state index contributed by atoms with van der Waals surface area (Å²) in [6.45, 7) is 43.4. The minimum atomic E-state index is -0.281. The quantitative estimate of drug-likeness (QED) is 0.0593. The van der Waals surface area contributed by atoms with Gasteiger partial charge in [-0.3, -0.25) is 0 Å². The SMILES string of the molecule is CCCCCCCCC1(CCCCCCCC)c2cc3c(cc2-c2cc4c(cc21)-c1c(cc(-c2ccc(-c5c(C)cc(-c6ccc7c(c6)C(C)(C)c6cc(-c8ccc9c(c8)C(C)(C)c8ccccc8-9)ccc6-7)cc5C)cc2)c2ccccc12)C4(C)C)C(C)(C)c1cc(-c2ccc(-c4c(C)cc(-c5ccc6c(c5)C(C)(C)c5cc(-c7ccc8c(c7)C(C)(C)c7ccccc7-8)ccc5-6)cc4C)cc2)c2ccccc2c1-3. The normalized spacial score (nSPS) is 15.7. The first kappa shape index (κ1) is 90.7. The van der Waals surface area contributed by atoms with Gasteiger partial charge in [0.15, 0.2) is 0 Å². The van der Waals surface area contributed by atoms with Crippen LogP contribution in [0.25, 0.3) is 188 Å². The lowest BCUT2D eigenvalue weighted by molar-refractivity contribution is 0.398. The van der Waals surface area contributed by atoms with E-state index in [0.29, 0.717) is 0 Å². The summed E-state index contributed by atoms with van der Waals surface area (Å²) in [6, 6.07) is 126. The topological polar surface area (TPSA) is 0 Å². The molecule has 706 valence electrons. The van der Waals surface area contributed by atoms with Gasteiger partial charge in [0.1, 0.15) is 0 Å². The highest BCUT2D eigenvalue weighted by Crippen LogP contribution is 2.66. The molecule has 0 heterocycles. The third-order valence-electron chi connectivity index (χ3n) is 36.8. The van der Waals surface area contributed by atoms with Crippen molar-refractivity contribution in [3.8, 4) is 167 Å². The van der Waals surface area contributed by atoms with Crippen molar-refractivity contribution in [1.29, 1.82) is 0 Å². The first-order chi connectivity index (χ1) is 69.0. The second-order valence-corrected chi connectivity index (χ2v) is 47.3. The van der Waals surface area contributed by atoms with Gasteiger partial charge in [-0.25, -0.2) is 0 Å². The second kappa shape index (κ2) is 33.3. The van der Waals surface area contributed by atoms with E-state index >= 15 is 0 Å². The fourth-order valence-corrected chi connectivity index (χ4v) is 29.0. The molecule has 18 aromatic rings. The molecule has 0 N–H and O–H groups in total. The number of aryl methyl sites for hydroxylation is 4. The van der Waals surface area contributed by atoms with E-state index in [1.165, 1.54) is 355 Å². The Balaban J connectivity index is 0.519. The van der Waals surface area contributed by atoms with Crippen molar-refractivity contribution >= 4 is 21.5 Å². The van der Waals surface area contributed by atoms with Gasteiger partial charge >= 0.3 is 0 Å². The van der Waals surface area contributed by atoms with Crippen molar-refractivity contribution in [2.24, 2.45) is 0 Å². The van der Waals surface area contributed by atoms with Crippen molar-refractivity contribution in [3.05, 3.63) is 416 Å². The largest absolute Gasteiger partial charge is 0.0654 e. The predicted octanol–water partition coefficient (Wildman–Crippen LogP) is 40.2. The van der Waals surface area contributed by atoms with E-state index in [9.17, 15) is 0 Å². The van der Waals surface area contributed by atoms with E-state index < -0.39 is 0 Å². The van der Waals surface area contributed by atoms with Crippen molar-refractivity contribution in [3.63, 3.8) is 0 Å². The Morgan fingerprint density at radius 2 is 0.385 bits per heavy atom. The van der Waals surface area contributed by atoms with Crippen LogP contribution in [0.2, 0.25) is 0 Å². The zero-order valence-electron chi connectivity index (χ0n) is 87.4. The fraction of sp³-hybridized carbons (Fsp3) is 0.273. The Labute approximate surface area is 850 Å². The van der Waals surface area contributed by atoms with Gasteiger partial charge < -0.3 is 0 Å². The monoisotopic (exact) mass is 1850 g/mol. The molecule has 0 aliphatic heterocycles. The first-order valence-electron chi connectivity index (χ1n) is 54.0. The Morgan fingerprint density at radius 3 is 0.706 bits per heavy atom. The maximum absolute atomic E-state index is 2.81. The molecule has 18 aromatic carbocycles. The average Bonchev–Trinajstić information content (AvgIpc) is 1.51. The second-order valence-electron chi connectivity index (χ2n) is 47.3. The van der Waals surface area contributed by atoms with Crippen LogP contribution in [0.15, 0.2) is 315 Å².